The normalized spacial score (nSPS) is 40.3. The standard InChI is InChI=1S/C14H22O/c1-4-10(2)11-7-8-12-13(15)6-5-9-14(11,12)3/h11-12H,2,4-9H2,1,3H3/t11?,12?,14-/m1/s1. The highest BCUT2D eigenvalue weighted by atomic mass is 16.1. The summed E-state index contributed by atoms with van der Waals surface area (Å²) in [5.41, 5.74) is 1.62. The van der Waals surface area contributed by atoms with E-state index in [1.807, 2.05) is 0 Å². The average Bonchev–Trinajstić information content (AvgIpc) is 2.56. The number of allylic oxidation sites excluding steroid dienone is 1. The van der Waals surface area contributed by atoms with Crippen molar-refractivity contribution in [2.75, 3.05) is 0 Å². The van der Waals surface area contributed by atoms with E-state index in [9.17, 15) is 4.79 Å². The van der Waals surface area contributed by atoms with E-state index in [2.05, 4.69) is 20.4 Å². The highest BCUT2D eigenvalue weighted by molar-refractivity contribution is 5.83. The summed E-state index contributed by atoms with van der Waals surface area (Å²) in [6, 6.07) is 0. The van der Waals surface area contributed by atoms with Crippen LogP contribution in [0.15, 0.2) is 12.2 Å². The van der Waals surface area contributed by atoms with E-state index in [1.165, 1.54) is 18.4 Å². The van der Waals surface area contributed by atoms with Crippen LogP contribution in [0.2, 0.25) is 0 Å². The van der Waals surface area contributed by atoms with E-state index in [4.69, 9.17) is 0 Å². The van der Waals surface area contributed by atoms with Crippen molar-refractivity contribution in [2.24, 2.45) is 17.3 Å². The minimum absolute atomic E-state index is 0.252. The summed E-state index contributed by atoms with van der Waals surface area (Å²) in [5, 5.41) is 0. The number of carbonyl (C=O) groups excluding carboxylic acids is 1. The van der Waals surface area contributed by atoms with E-state index in [0.717, 1.165) is 25.7 Å². The molecule has 2 fully saturated rings. The molecule has 0 aromatic rings. The van der Waals surface area contributed by atoms with E-state index in [-0.39, 0.29) is 5.41 Å². The molecule has 2 rings (SSSR count). The first-order chi connectivity index (χ1) is 7.09. The third-order valence-electron chi connectivity index (χ3n) is 4.81. The van der Waals surface area contributed by atoms with Crippen LogP contribution < -0.4 is 0 Å². The lowest BCUT2D eigenvalue weighted by Gasteiger charge is -2.40. The summed E-state index contributed by atoms with van der Waals surface area (Å²) >= 11 is 0. The van der Waals surface area contributed by atoms with Crippen molar-refractivity contribution in [3.63, 3.8) is 0 Å². The molecule has 1 nitrogen and oxygen atoms in total. The summed E-state index contributed by atoms with van der Waals surface area (Å²) in [6.07, 6.45) is 6.53. The SMILES string of the molecule is C=C(CC)C1CCC2C(=O)CCC[C@]12C. The zero-order chi connectivity index (χ0) is 11.1. The second-order valence-corrected chi connectivity index (χ2v) is 5.52. The number of carbonyl (C=O) groups is 1. The summed E-state index contributed by atoms with van der Waals surface area (Å²) in [7, 11) is 0. The van der Waals surface area contributed by atoms with Gasteiger partial charge in [-0.3, -0.25) is 4.79 Å². The van der Waals surface area contributed by atoms with Crippen molar-refractivity contribution in [1.82, 2.24) is 0 Å². The van der Waals surface area contributed by atoms with Crippen LogP contribution in [-0.2, 0) is 4.79 Å². The highest BCUT2D eigenvalue weighted by Gasteiger charge is 2.51. The molecule has 2 aliphatic rings. The molecule has 0 N–H and O–H groups in total. The third kappa shape index (κ3) is 1.56. The number of hydrogen-bond acceptors (Lipinski definition) is 1. The smallest absolute Gasteiger partial charge is 0.136 e. The average molecular weight is 206 g/mol. The molecule has 0 radical (unpaired) electrons. The first-order valence-corrected chi connectivity index (χ1v) is 6.30. The zero-order valence-electron chi connectivity index (χ0n) is 10.0. The Kier molecular flexibility index (Phi) is 2.74. The molecule has 1 heteroatoms. The van der Waals surface area contributed by atoms with Gasteiger partial charge in [-0.15, -0.1) is 0 Å². The number of fused-ring (bicyclic) bond motifs is 1. The van der Waals surface area contributed by atoms with Gasteiger partial charge in [-0.05, 0) is 43.4 Å². The van der Waals surface area contributed by atoms with Gasteiger partial charge in [-0.1, -0.05) is 26.0 Å². The van der Waals surface area contributed by atoms with Gasteiger partial charge in [0.2, 0.25) is 0 Å². The molecular formula is C14H22O. The Hall–Kier alpha value is -0.590. The third-order valence-corrected chi connectivity index (χ3v) is 4.81. The molecule has 2 aliphatic carbocycles. The molecule has 0 saturated heterocycles. The lowest BCUT2D eigenvalue weighted by molar-refractivity contribution is -0.129. The Bertz CT molecular complexity index is 292. The van der Waals surface area contributed by atoms with Crippen molar-refractivity contribution in [3.8, 4) is 0 Å². The van der Waals surface area contributed by atoms with E-state index in [1.54, 1.807) is 0 Å². The van der Waals surface area contributed by atoms with Crippen LogP contribution in [0.4, 0.5) is 0 Å². The fraction of sp³-hybridized carbons (Fsp3) is 0.786. The molecule has 0 spiro atoms. The summed E-state index contributed by atoms with van der Waals surface area (Å²) in [6.45, 7) is 8.72. The molecule has 0 amide bonds. The van der Waals surface area contributed by atoms with Crippen LogP contribution in [0.5, 0.6) is 0 Å². The number of Topliss-reactive ketones (excluding diaryl/α,β-unsaturated/α-hetero) is 1. The van der Waals surface area contributed by atoms with Crippen LogP contribution in [0.1, 0.15) is 52.4 Å². The number of rotatable bonds is 2. The van der Waals surface area contributed by atoms with Crippen LogP contribution in [0, 0.1) is 17.3 Å². The van der Waals surface area contributed by atoms with Crippen molar-refractivity contribution in [2.45, 2.75) is 52.4 Å². The molecule has 2 saturated carbocycles. The van der Waals surface area contributed by atoms with Crippen LogP contribution in [0.3, 0.4) is 0 Å². The van der Waals surface area contributed by atoms with Crippen molar-refractivity contribution < 1.29 is 4.79 Å². The number of hydrogen-bond donors (Lipinski definition) is 0. The first-order valence-electron chi connectivity index (χ1n) is 6.30. The maximum Gasteiger partial charge on any atom is 0.136 e. The quantitative estimate of drug-likeness (QED) is 0.629. The molecule has 0 aliphatic heterocycles. The molecule has 3 atom stereocenters. The summed E-state index contributed by atoms with van der Waals surface area (Å²) < 4.78 is 0. The second-order valence-electron chi connectivity index (χ2n) is 5.52. The Labute approximate surface area is 92.9 Å². The predicted molar refractivity (Wildman–Crippen MR) is 62.6 cm³/mol. The highest BCUT2D eigenvalue weighted by Crippen LogP contribution is 2.56. The molecule has 0 heterocycles. The zero-order valence-corrected chi connectivity index (χ0v) is 10.0. The maximum absolute atomic E-state index is 11.9. The summed E-state index contributed by atoms with van der Waals surface area (Å²) in [4.78, 5) is 11.9. The first kappa shape index (κ1) is 10.9. The van der Waals surface area contributed by atoms with Gasteiger partial charge in [0.15, 0.2) is 0 Å². The van der Waals surface area contributed by atoms with Crippen LogP contribution in [0.25, 0.3) is 0 Å². The van der Waals surface area contributed by atoms with Gasteiger partial charge in [0.05, 0.1) is 0 Å². The number of ketones is 1. The minimum atomic E-state index is 0.252. The van der Waals surface area contributed by atoms with E-state index >= 15 is 0 Å². The Morgan fingerprint density at radius 1 is 1.53 bits per heavy atom. The van der Waals surface area contributed by atoms with E-state index < -0.39 is 0 Å². The Morgan fingerprint density at radius 2 is 2.27 bits per heavy atom. The second kappa shape index (κ2) is 3.77. The summed E-state index contributed by atoms with van der Waals surface area (Å²) in [5.74, 6) is 1.48. The molecular weight excluding hydrogens is 184 g/mol. The largest absolute Gasteiger partial charge is 0.299 e. The Balaban J connectivity index is 2.25. The van der Waals surface area contributed by atoms with Gasteiger partial charge < -0.3 is 0 Å². The lowest BCUT2D eigenvalue weighted by atomic mass is 9.63. The fourth-order valence-corrected chi connectivity index (χ4v) is 3.85. The van der Waals surface area contributed by atoms with Gasteiger partial charge in [-0.2, -0.15) is 0 Å². The molecule has 0 bridgehead atoms. The van der Waals surface area contributed by atoms with Gasteiger partial charge in [0.25, 0.3) is 0 Å². The van der Waals surface area contributed by atoms with Crippen LogP contribution >= 0.6 is 0 Å². The van der Waals surface area contributed by atoms with Gasteiger partial charge in [-0.25, -0.2) is 0 Å². The molecule has 2 unspecified atom stereocenters. The monoisotopic (exact) mass is 206 g/mol. The van der Waals surface area contributed by atoms with Crippen molar-refractivity contribution >= 4 is 5.78 Å². The topological polar surface area (TPSA) is 17.1 Å². The van der Waals surface area contributed by atoms with E-state index in [0.29, 0.717) is 17.6 Å². The van der Waals surface area contributed by atoms with Gasteiger partial charge >= 0.3 is 0 Å². The van der Waals surface area contributed by atoms with Gasteiger partial charge in [0.1, 0.15) is 5.78 Å². The van der Waals surface area contributed by atoms with Crippen molar-refractivity contribution in [3.05, 3.63) is 12.2 Å². The minimum Gasteiger partial charge on any atom is -0.299 e. The predicted octanol–water partition coefficient (Wildman–Crippen LogP) is 3.74. The molecule has 0 aromatic heterocycles. The van der Waals surface area contributed by atoms with Gasteiger partial charge in [0, 0.05) is 12.3 Å². The van der Waals surface area contributed by atoms with Crippen molar-refractivity contribution in [1.29, 1.82) is 0 Å². The fourth-order valence-electron chi connectivity index (χ4n) is 3.85. The Morgan fingerprint density at radius 3 is 2.93 bits per heavy atom. The molecule has 15 heavy (non-hydrogen) atoms. The van der Waals surface area contributed by atoms with Crippen LogP contribution in [-0.4, -0.2) is 5.78 Å². The molecule has 0 aromatic carbocycles. The maximum atomic E-state index is 11.9. The molecule has 84 valence electrons. The lowest BCUT2D eigenvalue weighted by Crippen LogP contribution is -2.37.